The zero-order chi connectivity index (χ0) is 17.6. The standard InChI is InChI=1S/C19H16Cl2N4/c1-13(24-16-4-2-15(20)3-5-16)17-6-7-18(21)25-19(17)23-12-14-8-10-22-11-9-14/h2-11,24H,1,12H2,(H,23,25). The molecular formula is C19H16Cl2N4. The fourth-order valence-electron chi connectivity index (χ4n) is 2.27. The molecule has 0 amide bonds. The number of nitrogens with zero attached hydrogens (tertiary/aromatic N) is 2. The van der Waals surface area contributed by atoms with Crippen LogP contribution in [0, 0.1) is 0 Å². The van der Waals surface area contributed by atoms with Gasteiger partial charge in [-0.05, 0) is 54.1 Å². The molecule has 0 aliphatic heterocycles. The maximum absolute atomic E-state index is 6.06. The van der Waals surface area contributed by atoms with E-state index in [1.165, 1.54) is 0 Å². The van der Waals surface area contributed by atoms with Crippen molar-refractivity contribution in [2.75, 3.05) is 10.6 Å². The molecule has 25 heavy (non-hydrogen) atoms. The zero-order valence-electron chi connectivity index (χ0n) is 13.3. The van der Waals surface area contributed by atoms with Gasteiger partial charge < -0.3 is 10.6 Å². The lowest BCUT2D eigenvalue weighted by Crippen LogP contribution is -2.07. The minimum absolute atomic E-state index is 0.417. The summed E-state index contributed by atoms with van der Waals surface area (Å²) >= 11 is 12.0. The van der Waals surface area contributed by atoms with Crippen molar-refractivity contribution in [3.8, 4) is 0 Å². The van der Waals surface area contributed by atoms with E-state index in [1.54, 1.807) is 18.5 Å². The molecule has 2 aromatic heterocycles. The van der Waals surface area contributed by atoms with Crippen molar-refractivity contribution < 1.29 is 0 Å². The molecule has 0 bridgehead atoms. The van der Waals surface area contributed by atoms with E-state index in [-0.39, 0.29) is 0 Å². The molecule has 2 heterocycles. The fraction of sp³-hybridized carbons (Fsp3) is 0.0526. The number of halogens is 2. The molecule has 4 nitrogen and oxygen atoms in total. The lowest BCUT2D eigenvalue weighted by molar-refractivity contribution is 1.09. The van der Waals surface area contributed by atoms with E-state index >= 15 is 0 Å². The Morgan fingerprint density at radius 2 is 1.68 bits per heavy atom. The van der Waals surface area contributed by atoms with Gasteiger partial charge in [0.25, 0.3) is 0 Å². The van der Waals surface area contributed by atoms with Crippen LogP contribution in [0.3, 0.4) is 0 Å². The molecule has 3 aromatic rings. The van der Waals surface area contributed by atoms with Crippen LogP contribution in [0.15, 0.2) is 67.5 Å². The van der Waals surface area contributed by atoms with Crippen LogP contribution >= 0.6 is 23.2 Å². The predicted octanol–water partition coefficient (Wildman–Crippen LogP) is 5.48. The number of pyridine rings is 2. The minimum Gasteiger partial charge on any atom is -0.365 e. The molecule has 0 atom stereocenters. The van der Waals surface area contributed by atoms with Crippen molar-refractivity contribution in [3.05, 3.63) is 88.8 Å². The summed E-state index contributed by atoms with van der Waals surface area (Å²) in [5.41, 5.74) is 3.54. The maximum atomic E-state index is 6.06. The monoisotopic (exact) mass is 370 g/mol. The molecule has 0 saturated carbocycles. The third-order valence-corrected chi connectivity index (χ3v) is 4.00. The van der Waals surface area contributed by atoms with Crippen LogP contribution in [0.4, 0.5) is 11.5 Å². The first-order valence-electron chi connectivity index (χ1n) is 7.63. The van der Waals surface area contributed by atoms with Gasteiger partial charge in [0.15, 0.2) is 0 Å². The van der Waals surface area contributed by atoms with Gasteiger partial charge in [-0.3, -0.25) is 4.98 Å². The van der Waals surface area contributed by atoms with E-state index in [9.17, 15) is 0 Å². The molecule has 0 saturated heterocycles. The number of nitrogens with one attached hydrogen (secondary N) is 2. The summed E-state index contributed by atoms with van der Waals surface area (Å²) in [6.45, 7) is 4.72. The van der Waals surface area contributed by atoms with Crippen molar-refractivity contribution in [3.63, 3.8) is 0 Å². The van der Waals surface area contributed by atoms with Gasteiger partial charge >= 0.3 is 0 Å². The van der Waals surface area contributed by atoms with E-state index < -0.39 is 0 Å². The summed E-state index contributed by atoms with van der Waals surface area (Å²) in [7, 11) is 0. The summed E-state index contributed by atoms with van der Waals surface area (Å²) in [4.78, 5) is 8.40. The van der Waals surface area contributed by atoms with E-state index in [0.717, 1.165) is 16.8 Å². The first-order valence-corrected chi connectivity index (χ1v) is 8.38. The summed E-state index contributed by atoms with van der Waals surface area (Å²) in [5, 5.41) is 7.66. The number of hydrogen-bond donors (Lipinski definition) is 2. The Kier molecular flexibility index (Phi) is 5.53. The van der Waals surface area contributed by atoms with Crippen LogP contribution in [0.1, 0.15) is 11.1 Å². The van der Waals surface area contributed by atoms with Crippen LogP contribution in [-0.2, 0) is 6.54 Å². The lowest BCUT2D eigenvalue weighted by Gasteiger charge is -2.15. The highest BCUT2D eigenvalue weighted by Gasteiger charge is 2.09. The fourth-order valence-corrected chi connectivity index (χ4v) is 2.55. The molecule has 0 fully saturated rings. The van der Waals surface area contributed by atoms with Gasteiger partial charge in [-0.2, -0.15) is 0 Å². The Morgan fingerprint density at radius 1 is 0.960 bits per heavy atom. The number of rotatable bonds is 6. The molecule has 0 aliphatic rings. The molecule has 3 rings (SSSR count). The van der Waals surface area contributed by atoms with Crippen LogP contribution in [0.5, 0.6) is 0 Å². The van der Waals surface area contributed by atoms with E-state index in [0.29, 0.717) is 28.2 Å². The third kappa shape index (κ3) is 4.72. The third-order valence-electron chi connectivity index (χ3n) is 3.54. The second-order valence-corrected chi connectivity index (χ2v) is 6.17. The molecule has 0 spiro atoms. The molecule has 0 unspecified atom stereocenters. The van der Waals surface area contributed by atoms with Crippen molar-refractivity contribution in [1.29, 1.82) is 0 Å². The van der Waals surface area contributed by atoms with Crippen molar-refractivity contribution in [2.24, 2.45) is 0 Å². The smallest absolute Gasteiger partial charge is 0.137 e. The average molecular weight is 371 g/mol. The zero-order valence-corrected chi connectivity index (χ0v) is 14.8. The maximum Gasteiger partial charge on any atom is 0.137 e. The SMILES string of the molecule is C=C(Nc1ccc(Cl)cc1)c1ccc(Cl)nc1NCc1ccncc1. The quantitative estimate of drug-likeness (QED) is 0.564. The summed E-state index contributed by atoms with van der Waals surface area (Å²) < 4.78 is 0. The van der Waals surface area contributed by atoms with E-state index in [4.69, 9.17) is 23.2 Å². The van der Waals surface area contributed by atoms with E-state index in [1.807, 2.05) is 42.5 Å². The molecule has 2 N–H and O–H groups in total. The Morgan fingerprint density at radius 3 is 2.40 bits per heavy atom. The van der Waals surface area contributed by atoms with Gasteiger partial charge in [0.2, 0.25) is 0 Å². The number of aromatic nitrogens is 2. The van der Waals surface area contributed by atoms with Gasteiger partial charge in [0, 0.05) is 40.9 Å². The second kappa shape index (κ2) is 8.01. The first-order chi connectivity index (χ1) is 12.1. The highest BCUT2D eigenvalue weighted by atomic mass is 35.5. The number of hydrogen-bond acceptors (Lipinski definition) is 4. The van der Waals surface area contributed by atoms with Gasteiger partial charge in [0.05, 0.1) is 0 Å². The number of anilines is 2. The Bertz CT molecular complexity index is 864. The average Bonchev–Trinajstić information content (AvgIpc) is 2.63. The van der Waals surface area contributed by atoms with Gasteiger partial charge in [-0.25, -0.2) is 4.98 Å². The predicted molar refractivity (Wildman–Crippen MR) is 105 cm³/mol. The number of benzene rings is 1. The van der Waals surface area contributed by atoms with Crippen molar-refractivity contribution in [1.82, 2.24) is 9.97 Å². The van der Waals surface area contributed by atoms with Gasteiger partial charge in [-0.15, -0.1) is 0 Å². The van der Waals surface area contributed by atoms with Gasteiger partial charge in [0.1, 0.15) is 11.0 Å². The van der Waals surface area contributed by atoms with E-state index in [2.05, 4.69) is 27.2 Å². The van der Waals surface area contributed by atoms with Crippen LogP contribution in [0.25, 0.3) is 5.70 Å². The lowest BCUT2D eigenvalue weighted by atomic mass is 10.2. The molecule has 1 aromatic carbocycles. The second-order valence-electron chi connectivity index (χ2n) is 5.35. The Balaban J connectivity index is 1.78. The summed E-state index contributed by atoms with van der Waals surface area (Å²) in [5.74, 6) is 0.663. The highest BCUT2D eigenvalue weighted by Crippen LogP contribution is 2.25. The summed E-state index contributed by atoms with van der Waals surface area (Å²) in [6.07, 6.45) is 3.51. The van der Waals surface area contributed by atoms with Crippen molar-refractivity contribution >= 4 is 40.4 Å². The van der Waals surface area contributed by atoms with Crippen LogP contribution < -0.4 is 10.6 Å². The van der Waals surface area contributed by atoms with Crippen LogP contribution in [-0.4, -0.2) is 9.97 Å². The van der Waals surface area contributed by atoms with Gasteiger partial charge in [-0.1, -0.05) is 29.8 Å². The molecule has 126 valence electrons. The highest BCUT2D eigenvalue weighted by molar-refractivity contribution is 6.30. The minimum atomic E-state index is 0.417. The Labute approximate surface area is 156 Å². The van der Waals surface area contributed by atoms with Crippen molar-refractivity contribution in [2.45, 2.75) is 6.54 Å². The largest absolute Gasteiger partial charge is 0.365 e. The topological polar surface area (TPSA) is 49.8 Å². The Hall–Kier alpha value is -2.56. The molecule has 6 heteroatoms. The normalized spacial score (nSPS) is 10.3. The van der Waals surface area contributed by atoms with Crippen LogP contribution in [0.2, 0.25) is 10.2 Å². The molecule has 0 aliphatic carbocycles. The molecule has 0 radical (unpaired) electrons. The first kappa shape index (κ1) is 17.3. The summed E-state index contributed by atoms with van der Waals surface area (Å²) in [6, 6.07) is 14.9. The molecular weight excluding hydrogens is 355 g/mol.